The Bertz CT molecular complexity index is 780. The van der Waals surface area contributed by atoms with Gasteiger partial charge < -0.3 is 5.73 Å². The second-order valence-corrected chi connectivity index (χ2v) is 5.10. The molecule has 0 aliphatic heterocycles. The molecule has 2 N–H and O–H groups in total. The lowest BCUT2D eigenvalue weighted by Gasteiger charge is -2.08. The molecular formula is C13H10Cl2N4. The number of halogens is 2. The summed E-state index contributed by atoms with van der Waals surface area (Å²) in [7, 11) is 0. The van der Waals surface area contributed by atoms with Crippen LogP contribution >= 0.6 is 23.2 Å². The van der Waals surface area contributed by atoms with Gasteiger partial charge in [-0.05, 0) is 30.7 Å². The van der Waals surface area contributed by atoms with Crippen LogP contribution in [0.3, 0.4) is 0 Å². The molecule has 3 aromatic rings. The molecule has 6 heteroatoms. The van der Waals surface area contributed by atoms with Gasteiger partial charge >= 0.3 is 0 Å². The molecule has 3 rings (SSSR count). The molecule has 0 saturated carbocycles. The van der Waals surface area contributed by atoms with Crippen LogP contribution in [-0.4, -0.2) is 14.5 Å². The van der Waals surface area contributed by atoms with Crippen molar-refractivity contribution < 1.29 is 0 Å². The van der Waals surface area contributed by atoms with E-state index >= 15 is 0 Å². The van der Waals surface area contributed by atoms with Crippen molar-refractivity contribution in [3.8, 4) is 5.69 Å². The van der Waals surface area contributed by atoms with E-state index in [0.29, 0.717) is 27.2 Å². The summed E-state index contributed by atoms with van der Waals surface area (Å²) >= 11 is 12.2. The van der Waals surface area contributed by atoms with E-state index in [4.69, 9.17) is 28.9 Å². The number of nitrogens with zero attached hydrogens (tertiary/aromatic N) is 3. The molecular weight excluding hydrogens is 283 g/mol. The van der Waals surface area contributed by atoms with Crippen molar-refractivity contribution in [1.82, 2.24) is 14.5 Å². The van der Waals surface area contributed by atoms with Gasteiger partial charge in [0.05, 0.1) is 15.7 Å². The third-order valence-electron chi connectivity index (χ3n) is 2.83. The minimum absolute atomic E-state index is 0.329. The lowest BCUT2D eigenvalue weighted by Crippen LogP contribution is -2.02. The van der Waals surface area contributed by atoms with E-state index in [2.05, 4.69) is 9.97 Å². The molecule has 0 fully saturated rings. The molecule has 0 unspecified atom stereocenters. The minimum Gasteiger partial charge on any atom is -0.369 e. The summed E-state index contributed by atoms with van der Waals surface area (Å²) in [6.45, 7) is 1.98. The summed E-state index contributed by atoms with van der Waals surface area (Å²) in [5.41, 5.74) is 9.05. The van der Waals surface area contributed by atoms with E-state index in [-0.39, 0.29) is 0 Å². The van der Waals surface area contributed by atoms with Crippen LogP contribution in [0.15, 0.2) is 30.5 Å². The molecule has 19 heavy (non-hydrogen) atoms. The Kier molecular flexibility index (Phi) is 2.84. The van der Waals surface area contributed by atoms with Crippen LogP contribution in [-0.2, 0) is 0 Å². The molecule has 2 aromatic heterocycles. The van der Waals surface area contributed by atoms with Gasteiger partial charge in [-0.1, -0.05) is 29.3 Å². The Balaban J connectivity index is 2.33. The number of nitrogens with two attached hydrogens (primary N) is 1. The Hall–Kier alpha value is -1.78. The first-order valence-corrected chi connectivity index (χ1v) is 6.38. The molecule has 0 aliphatic rings. The molecule has 0 bridgehead atoms. The van der Waals surface area contributed by atoms with Crippen LogP contribution in [0.1, 0.15) is 5.56 Å². The second-order valence-electron chi connectivity index (χ2n) is 4.26. The number of aryl methyl sites for hydroxylation is 1. The number of benzene rings is 1. The number of nitrogen functional groups attached to an aromatic ring is 1. The van der Waals surface area contributed by atoms with E-state index < -0.39 is 0 Å². The highest BCUT2D eigenvalue weighted by molar-refractivity contribution is 6.32. The van der Waals surface area contributed by atoms with Gasteiger partial charge in [0.1, 0.15) is 5.52 Å². The van der Waals surface area contributed by atoms with E-state index in [1.807, 2.05) is 25.1 Å². The van der Waals surface area contributed by atoms with Gasteiger partial charge in [0.15, 0.2) is 5.65 Å². The van der Waals surface area contributed by atoms with Crippen molar-refractivity contribution in [3.05, 3.63) is 46.1 Å². The van der Waals surface area contributed by atoms with Crippen LogP contribution in [0.2, 0.25) is 10.0 Å². The highest BCUT2D eigenvalue weighted by atomic mass is 35.5. The fraction of sp³-hybridized carbons (Fsp3) is 0.0769. The highest BCUT2D eigenvalue weighted by Crippen LogP contribution is 2.28. The average molecular weight is 293 g/mol. The second kappa shape index (κ2) is 4.40. The van der Waals surface area contributed by atoms with Crippen molar-refractivity contribution in [2.45, 2.75) is 6.92 Å². The van der Waals surface area contributed by atoms with Gasteiger partial charge in [-0.3, -0.25) is 4.57 Å². The Morgan fingerprint density at radius 1 is 1.21 bits per heavy atom. The van der Waals surface area contributed by atoms with E-state index in [1.165, 1.54) is 0 Å². The third kappa shape index (κ3) is 2.03. The summed E-state index contributed by atoms with van der Waals surface area (Å²) in [6, 6.07) is 7.45. The predicted octanol–water partition coefficient (Wildman–Crippen LogP) is 3.62. The molecule has 4 nitrogen and oxygen atoms in total. The maximum atomic E-state index is 6.27. The Labute approximate surface area is 119 Å². The zero-order chi connectivity index (χ0) is 13.6. The van der Waals surface area contributed by atoms with Crippen molar-refractivity contribution in [2.75, 3.05) is 5.73 Å². The number of pyridine rings is 1. The molecule has 1 aromatic carbocycles. The number of hydrogen-bond donors (Lipinski definition) is 1. The normalized spacial score (nSPS) is 11.1. The zero-order valence-electron chi connectivity index (χ0n) is 10.1. The molecule has 0 amide bonds. The summed E-state index contributed by atoms with van der Waals surface area (Å²) in [4.78, 5) is 8.52. The SMILES string of the molecule is Cc1ccc(-n2c(N)nc3cc(Cl)cnc32)c(Cl)c1. The molecule has 0 aliphatic carbocycles. The highest BCUT2D eigenvalue weighted by Gasteiger charge is 2.14. The topological polar surface area (TPSA) is 56.7 Å². The van der Waals surface area contributed by atoms with Gasteiger partial charge in [0, 0.05) is 6.20 Å². The maximum Gasteiger partial charge on any atom is 0.207 e. The molecule has 0 atom stereocenters. The van der Waals surface area contributed by atoms with Crippen molar-refractivity contribution in [3.63, 3.8) is 0 Å². The van der Waals surface area contributed by atoms with Crippen LogP contribution in [0, 0.1) is 6.92 Å². The van der Waals surface area contributed by atoms with E-state index in [0.717, 1.165) is 11.3 Å². The monoisotopic (exact) mass is 292 g/mol. The molecule has 0 saturated heterocycles. The molecule has 96 valence electrons. The van der Waals surface area contributed by atoms with Crippen LogP contribution in [0.5, 0.6) is 0 Å². The van der Waals surface area contributed by atoms with Crippen LogP contribution in [0.25, 0.3) is 16.9 Å². The van der Waals surface area contributed by atoms with Gasteiger partial charge in [0.2, 0.25) is 5.95 Å². The van der Waals surface area contributed by atoms with Gasteiger partial charge in [-0.2, -0.15) is 0 Å². The van der Waals surface area contributed by atoms with Crippen molar-refractivity contribution in [1.29, 1.82) is 0 Å². The number of fused-ring (bicyclic) bond motifs is 1. The lowest BCUT2D eigenvalue weighted by atomic mass is 10.2. The standard InChI is InChI=1S/C13H10Cl2N4/c1-7-2-3-11(9(15)4-7)19-12-10(18-13(19)16)5-8(14)6-17-12/h2-6H,1H3,(H2,16,18). The average Bonchev–Trinajstić information content (AvgIpc) is 2.65. The van der Waals surface area contributed by atoms with Gasteiger partial charge in [0.25, 0.3) is 0 Å². The Morgan fingerprint density at radius 2 is 2.00 bits per heavy atom. The van der Waals surface area contributed by atoms with Gasteiger partial charge in [-0.15, -0.1) is 0 Å². The number of rotatable bonds is 1. The van der Waals surface area contributed by atoms with Crippen molar-refractivity contribution in [2.24, 2.45) is 0 Å². The molecule has 2 heterocycles. The first-order chi connectivity index (χ1) is 9.06. The summed E-state index contributed by atoms with van der Waals surface area (Å²) < 4.78 is 1.72. The lowest BCUT2D eigenvalue weighted by molar-refractivity contribution is 1.08. The summed E-state index contributed by atoms with van der Waals surface area (Å²) in [6.07, 6.45) is 1.56. The van der Waals surface area contributed by atoms with Crippen molar-refractivity contribution >= 4 is 40.3 Å². The first kappa shape index (κ1) is 12.3. The Morgan fingerprint density at radius 3 is 2.74 bits per heavy atom. The van der Waals surface area contributed by atoms with E-state index in [1.54, 1.807) is 16.8 Å². The quantitative estimate of drug-likeness (QED) is 0.745. The smallest absolute Gasteiger partial charge is 0.207 e. The third-order valence-corrected chi connectivity index (χ3v) is 3.34. The molecule has 0 spiro atoms. The minimum atomic E-state index is 0.329. The zero-order valence-corrected chi connectivity index (χ0v) is 11.6. The fourth-order valence-corrected chi connectivity index (χ4v) is 2.46. The van der Waals surface area contributed by atoms with Crippen LogP contribution < -0.4 is 5.73 Å². The fourth-order valence-electron chi connectivity index (χ4n) is 1.99. The molecule has 0 radical (unpaired) electrons. The number of aromatic nitrogens is 3. The largest absolute Gasteiger partial charge is 0.369 e. The number of imidazole rings is 1. The first-order valence-electron chi connectivity index (χ1n) is 5.62. The number of anilines is 1. The summed E-state index contributed by atoms with van der Waals surface area (Å²) in [5.74, 6) is 0.329. The maximum absolute atomic E-state index is 6.27. The van der Waals surface area contributed by atoms with Crippen LogP contribution in [0.4, 0.5) is 5.95 Å². The summed E-state index contributed by atoms with van der Waals surface area (Å²) in [5, 5.41) is 1.12. The predicted molar refractivity (Wildman–Crippen MR) is 78.0 cm³/mol. The van der Waals surface area contributed by atoms with Gasteiger partial charge in [-0.25, -0.2) is 9.97 Å². The number of hydrogen-bond acceptors (Lipinski definition) is 3. The van der Waals surface area contributed by atoms with E-state index in [9.17, 15) is 0 Å².